The summed E-state index contributed by atoms with van der Waals surface area (Å²) in [5, 5.41) is 13.0. The van der Waals surface area contributed by atoms with Gasteiger partial charge in [0.15, 0.2) is 5.57 Å². The predicted octanol–water partition coefficient (Wildman–Crippen LogP) is 1.41. The Kier molecular flexibility index (Phi) is 4.25. The molecule has 1 aliphatic heterocycles. The van der Waals surface area contributed by atoms with Gasteiger partial charge in [0, 0.05) is 32.4 Å². The Hall–Kier alpha value is -1.56. The Balaban J connectivity index is 2.74. The Bertz CT molecular complexity index is 395. The molecule has 0 radical (unpaired) electrons. The van der Waals surface area contributed by atoms with Crippen molar-refractivity contribution in [3.05, 3.63) is 11.3 Å². The number of rotatable bonds is 3. The molecular formula is C13H21NO5. The average Bonchev–Trinajstić information content (AvgIpc) is 2.11. The summed E-state index contributed by atoms with van der Waals surface area (Å²) in [5.41, 5.74) is -0.532. The highest BCUT2D eigenvalue weighted by atomic mass is 16.7. The van der Waals surface area contributed by atoms with Gasteiger partial charge in [-0.3, -0.25) is 0 Å². The number of carbonyl (C=O) groups excluding carboxylic acids is 2. The van der Waals surface area contributed by atoms with Crippen molar-refractivity contribution in [3.63, 3.8) is 0 Å². The van der Waals surface area contributed by atoms with Gasteiger partial charge in [0.1, 0.15) is 5.76 Å². The topological polar surface area (TPSA) is 84.9 Å². The van der Waals surface area contributed by atoms with Crippen LogP contribution in [0.5, 0.6) is 0 Å². The third-order valence-electron chi connectivity index (χ3n) is 2.39. The van der Waals surface area contributed by atoms with Crippen LogP contribution in [0.25, 0.3) is 0 Å². The molecule has 1 fully saturated rings. The Morgan fingerprint density at radius 3 is 2.11 bits per heavy atom. The number of esters is 2. The van der Waals surface area contributed by atoms with Crippen molar-refractivity contribution >= 4 is 11.9 Å². The first kappa shape index (κ1) is 15.5. The number of aliphatic hydroxyl groups is 1. The molecule has 108 valence electrons. The van der Waals surface area contributed by atoms with Gasteiger partial charge in [0.25, 0.3) is 5.79 Å². The fourth-order valence-electron chi connectivity index (χ4n) is 1.57. The van der Waals surface area contributed by atoms with Crippen molar-refractivity contribution in [2.45, 2.75) is 52.4 Å². The lowest BCUT2D eigenvalue weighted by molar-refractivity contribution is -0.222. The number of hydrogen-bond donors (Lipinski definition) is 2. The molecule has 0 aromatic heterocycles. The van der Waals surface area contributed by atoms with E-state index in [0.29, 0.717) is 6.54 Å². The van der Waals surface area contributed by atoms with Gasteiger partial charge in [-0.25, -0.2) is 9.59 Å². The van der Waals surface area contributed by atoms with Crippen LogP contribution in [0.1, 0.15) is 41.0 Å². The molecular weight excluding hydrogens is 250 g/mol. The van der Waals surface area contributed by atoms with E-state index in [2.05, 4.69) is 5.32 Å². The third-order valence-corrected chi connectivity index (χ3v) is 2.39. The molecule has 0 aliphatic carbocycles. The summed E-state index contributed by atoms with van der Waals surface area (Å²) >= 11 is 0. The van der Waals surface area contributed by atoms with Crippen molar-refractivity contribution in [1.29, 1.82) is 0 Å². The molecule has 6 nitrogen and oxygen atoms in total. The molecule has 19 heavy (non-hydrogen) atoms. The molecule has 1 saturated heterocycles. The lowest BCUT2D eigenvalue weighted by Crippen LogP contribution is -2.42. The van der Waals surface area contributed by atoms with Crippen LogP contribution in [-0.4, -0.2) is 34.9 Å². The molecule has 0 spiro atoms. The van der Waals surface area contributed by atoms with E-state index < -0.39 is 23.3 Å². The van der Waals surface area contributed by atoms with Crippen LogP contribution in [0.15, 0.2) is 11.3 Å². The molecule has 0 atom stereocenters. The van der Waals surface area contributed by atoms with Gasteiger partial charge in [-0.1, -0.05) is 0 Å². The van der Waals surface area contributed by atoms with Crippen LogP contribution in [-0.2, 0) is 19.1 Å². The van der Waals surface area contributed by atoms with Crippen LogP contribution in [0.2, 0.25) is 0 Å². The number of carbonyl (C=O) groups is 2. The largest absolute Gasteiger partial charge is 0.511 e. The quantitative estimate of drug-likeness (QED) is 0.349. The zero-order valence-corrected chi connectivity index (χ0v) is 12.0. The molecule has 0 amide bonds. The van der Waals surface area contributed by atoms with Crippen molar-refractivity contribution in [3.8, 4) is 0 Å². The minimum absolute atomic E-state index is 0.111. The van der Waals surface area contributed by atoms with Gasteiger partial charge in [0.2, 0.25) is 0 Å². The molecule has 1 heterocycles. The number of ether oxygens (including phenoxy) is 2. The van der Waals surface area contributed by atoms with Gasteiger partial charge < -0.3 is 19.9 Å². The Morgan fingerprint density at radius 2 is 1.68 bits per heavy atom. The van der Waals surface area contributed by atoms with E-state index in [-0.39, 0.29) is 17.7 Å². The fourth-order valence-corrected chi connectivity index (χ4v) is 1.57. The second-order valence-electron chi connectivity index (χ2n) is 5.93. The van der Waals surface area contributed by atoms with E-state index in [1.807, 2.05) is 20.8 Å². The SMILES string of the molecule is CC(C)(C)NCCC(O)=C1C(=O)OC(C)(C)OC1=O. The number of aliphatic hydroxyl groups excluding tert-OH is 1. The van der Waals surface area contributed by atoms with E-state index in [9.17, 15) is 14.7 Å². The highest BCUT2D eigenvalue weighted by molar-refractivity contribution is 6.15. The molecule has 1 rings (SSSR count). The molecule has 0 unspecified atom stereocenters. The van der Waals surface area contributed by atoms with E-state index in [0.717, 1.165) is 0 Å². The van der Waals surface area contributed by atoms with Gasteiger partial charge in [0.05, 0.1) is 0 Å². The van der Waals surface area contributed by atoms with Crippen LogP contribution >= 0.6 is 0 Å². The lowest BCUT2D eigenvalue weighted by Gasteiger charge is -2.30. The summed E-state index contributed by atoms with van der Waals surface area (Å²) in [6, 6.07) is 0. The zero-order chi connectivity index (χ0) is 14.8. The molecule has 6 heteroatoms. The van der Waals surface area contributed by atoms with Crippen molar-refractivity contribution < 1.29 is 24.2 Å². The van der Waals surface area contributed by atoms with E-state index in [4.69, 9.17) is 9.47 Å². The average molecular weight is 271 g/mol. The summed E-state index contributed by atoms with van der Waals surface area (Å²) in [6.45, 7) is 9.27. The van der Waals surface area contributed by atoms with Crippen LogP contribution in [0, 0.1) is 0 Å². The second-order valence-corrected chi connectivity index (χ2v) is 5.93. The zero-order valence-electron chi connectivity index (χ0n) is 12.0. The van der Waals surface area contributed by atoms with Crippen LogP contribution in [0.3, 0.4) is 0 Å². The van der Waals surface area contributed by atoms with Gasteiger partial charge in [-0.05, 0) is 20.8 Å². The first-order valence-electron chi connectivity index (χ1n) is 6.16. The summed E-state index contributed by atoms with van der Waals surface area (Å²) in [4.78, 5) is 23.3. The number of cyclic esters (lactones) is 2. The smallest absolute Gasteiger partial charge is 0.352 e. The molecule has 2 N–H and O–H groups in total. The van der Waals surface area contributed by atoms with E-state index in [1.165, 1.54) is 13.8 Å². The van der Waals surface area contributed by atoms with Crippen molar-refractivity contribution in [1.82, 2.24) is 5.32 Å². The maximum atomic E-state index is 11.7. The van der Waals surface area contributed by atoms with Crippen molar-refractivity contribution in [2.75, 3.05) is 6.54 Å². The Morgan fingerprint density at radius 1 is 1.21 bits per heavy atom. The van der Waals surface area contributed by atoms with Gasteiger partial charge in [-0.15, -0.1) is 0 Å². The van der Waals surface area contributed by atoms with Crippen LogP contribution < -0.4 is 5.32 Å². The van der Waals surface area contributed by atoms with Gasteiger partial charge in [-0.2, -0.15) is 0 Å². The molecule has 0 aromatic rings. The first-order chi connectivity index (χ1) is 8.52. The highest BCUT2D eigenvalue weighted by Crippen LogP contribution is 2.24. The van der Waals surface area contributed by atoms with E-state index >= 15 is 0 Å². The standard InChI is InChI=1S/C13H21NO5/c1-12(2,3)14-7-6-8(15)9-10(16)18-13(4,5)19-11(9)17/h14-15H,6-7H2,1-5H3. The molecule has 1 aliphatic rings. The summed E-state index contributed by atoms with van der Waals surface area (Å²) < 4.78 is 9.81. The molecule has 0 aromatic carbocycles. The fraction of sp³-hybridized carbons (Fsp3) is 0.692. The molecule has 0 saturated carbocycles. The monoisotopic (exact) mass is 271 g/mol. The Labute approximate surface area is 112 Å². The molecule has 0 bridgehead atoms. The van der Waals surface area contributed by atoms with Crippen LogP contribution in [0.4, 0.5) is 0 Å². The summed E-state index contributed by atoms with van der Waals surface area (Å²) in [5.74, 6) is -3.31. The minimum Gasteiger partial charge on any atom is -0.511 e. The van der Waals surface area contributed by atoms with E-state index in [1.54, 1.807) is 0 Å². The maximum Gasteiger partial charge on any atom is 0.352 e. The number of hydrogen-bond acceptors (Lipinski definition) is 6. The normalized spacial score (nSPS) is 18.9. The predicted molar refractivity (Wildman–Crippen MR) is 68.3 cm³/mol. The highest BCUT2D eigenvalue weighted by Gasteiger charge is 2.41. The minimum atomic E-state index is -1.29. The van der Waals surface area contributed by atoms with Crippen molar-refractivity contribution in [2.24, 2.45) is 0 Å². The first-order valence-corrected chi connectivity index (χ1v) is 6.16. The third kappa shape index (κ3) is 4.55. The summed E-state index contributed by atoms with van der Waals surface area (Å²) in [6.07, 6.45) is 0.150. The maximum absolute atomic E-state index is 11.7. The lowest BCUT2D eigenvalue weighted by atomic mass is 10.1. The number of nitrogens with one attached hydrogen (secondary N) is 1. The summed E-state index contributed by atoms with van der Waals surface area (Å²) in [7, 11) is 0. The van der Waals surface area contributed by atoms with Gasteiger partial charge >= 0.3 is 11.9 Å². The second kappa shape index (κ2) is 5.21.